The van der Waals surface area contributed by atoms with Gasteiger partial charge in [0.1, 0.15) is 5.01 Å². The van der Waals surface area contributed by atoms with Crippen LogP contribution in [-0.4, -0.2) is 23.7 Å². The molecular weight excluding hydrogens is 224 g/mol. The van der Waals surface area contributed by atoms with Gasteiger partial charge in [-0.1, -0.05) is 15.9 Å². The van der Waals surface area contributed by atoms with Crippen LogP contribution in [0.15, 0.2) is 0 Å². The van der Waals surface area contributed by atoms with Crippen molar-refractivity contribution in [3.63, 3.8) is 0 Å². The summed E-state index contributed by atoms with van der Waals surface area (Å²) in [4.78, 5) is 10.8. The van der Waals surface area contributed by atoms with Gasteiger partial charge in [0.25, 0.3) is 0 Å². The lowest BCUT2D eigenvalue weighted by atomic mass is 10.2. The van der Waals surface area contributed by atoms with Gasteiger partial charge in [-0.25, -0.2) is 0 Å². The summed E-state index contributed by atoms with van der Waals surface area (Å²) in [7, 11) is 1.36. The van der Waals surface area contributed by atoms with E-state index < -0.39 is 0 Å². The zero-order chi connectivity index (χ0) is 9.78. The fourth-order valence-electron chi connectivity index (χ4n) is 0.640. The SMILES string of the molecule is COC(=O)C[C@H](Br)OC(C)(C)C. The molecular formula is C8H15BrO3. The predicted molar refractivity (Wildman–Crippen MR) is 50.2 cm³/mol. The van der Waals surface area contributed by atoms with Crippen molar-refractivity contribution in [2.75, 3.05) is 7.11 Å². The highest BCUT2D eigenvalue weighted by Crippen LogP contribution is 2.17. The molecule has 0 rings (SSSR count). The first kappa shape index (κ1) is 11.9. The monoisotopic (exact) mass is 238 g/mol. The van der Waals surface area contributed by atoms with E-state index in [4.69, 9.17) is 4.74 Å². The molecule has 0 unspecified atom stereocenters. The second-order valence-electron chi connectivity index (χ2n) is 3.42. The standard InChI is InChI=1S/C8H15BrO3/c1-8(2,3)12-6(9)5-7(10)11-4/h6H,5H2,1-4H3/t6-/m1/s1. The number of rotatable bonds is 3. The lowest BCUT2D eigenvalue weighted by molar-refractivity contribution is -0.143. The third kappa shape index (κ3) is 6.61. The Morgan fingerprint density at radius 3 is 2.33 bits per heavy atom. The lowest BCUT2D eigenvalue weighted by Gasteiger charge is -2.23. The van der Waals surface area contributed by atoms with E-state index in [2.05, 4.69) is 20.7 Å². The topological polar surface area (TPSA) is 35.5 Å². The van der Waals surface area contributed by atoms with Gasteiger partial charge in [0, 0.05) is 0 Å². The molecule has 12 heavy (non-hydrogen) atoms. The minimum Gasteiger partial charge on any atom is -0.469 e. The van der Waals surface area contributed by atoms with Gasteiger partial charge in [0.15, 0.2) is 0 Å². The molecule has 0 bridgehead atoms. The number of alkyl halides is 1. The van der Waals surface area contributed by atoms with Crippen LogP contribution in [0.3, 0.4) is 0 Å². The van der Waals surface area contributed by atoms with E-state index in [-0.39, 0.29) is 23.0 Å². The Morgan fingerprint density at radius 2 is 2.00 bits per heavy atom. The Morgan fingerprint density at radius 1 is 1.50 bits per heavy atom. The Labute approximate surface area is 81.6 Å². The first-order chi connectivity index (χ1) is 5.35. The van der Waals surface area contributed by atoms with Gasteiger partial charge in [-0.05, 0) is 20.8 Å². The molecule has 0 aliphatic heterocycles. The third-order valence-corrected chi connectivity index (χ3v) is 1.55. The molecule has 0 heterocycles. The van der Waals surface area contributed by atoms with Crippen LogP contribution in [0.25, 0.3) is 0 Å². The van der Waals surface area contributed by atoms with Crippen molar-refractivity contribution >= 4 is 21.9 Å². The second kappa shape index (κ2) is 4.82. The van der Waals surface area contributed by atoms with Crippen LogP contribution in [0.1, 0.15) is 27.2 Å². The van der Waals surface area contributed by atoms with Crippen LogP contribution in [0.5, 0.6) is 0 Å². The summed E-state index contributed by atoms with van der Waals surface area (Å²) in [6.45, 7) is 5.79. The van der Waals surface area contributed by atoms with Crippen molar-refractivity contribution < 1.29 is 14.3 Å². The van der Waals surface area contributed by atoms with E-state index in [9.17, 15) is 4.79 Å². The van der Waals surface area contributed by atoms with Crippen LogP contribution < -0.4 is 0 Å². The Balaban J connectivity index is 3.74. The summed E-state index contributed by atoms with van der Waals surface area (Å²) in [6, 6.07) is 0. The minimum absolute atomic E-state index is 0.230. The zero-order valence-corrected chi connectivity index (χ0v) is 9.47. The summed E-state index contributed by atoms with van der Waals surface area (Å²) in [6.07, 6.45) is 0.230. The first-order valence-corrected chi connectivity index (χ1v) is 4.65. The van der Waals surface area contributed by atoms with Gasteiger partial charge in [-0.15, -0.1) is 0 Å². The van der Waals surface area contributed by atoms with Crippen molar-refractivity contribution in [1.29, 1.82) is 0 Å². The molecule has 0 aromatic heterocycles. The molecule has 0 spiro atoms. The molecule has 72 valence electrons. The fraction of sp³-hybridized carbons (Fsp3) is 0.875. The molecule has 0 fully saturated rings. The van der Waals surface area contributed by atoms with E-state index >= 15 is 0 Å². The fourth-order valence-corrected chi connectivity index (χ4v) is 1.46. The van der Waals surface area contributed by atoms with Gasteiger partial charge in [-0.3, -0.25) is 4.79 Å². The average Bonchev–Trinajstić information content (AvgIpc) is 1.82. The number of halogens is 1. The molecule has 0 saturated heterocycles. The zero-order valence-electron chi connectivity index (χ0n) is 7.89. The molecule has 0 radical (unpaired) electrons. The van der Waals surface area contributed by atoms with E-state index in [1.807, 2.05) is 20.8 Å². The Hall–Kier alpha value is -0.0900. The van der Waals surface area contributed by atoms with Gasteiger partial charge in [0.05, 0.1) is 19.1 Å². The van der Waals surface area contributed by atoms with Gasteiger partial charge >= 0.3 is 5.97 Å². The summed E-state index contributed by atoms with van der Waals surface area (Å²) in [5.41, 5.74) is -0.248. The molecule has 0 aliphatic carbocycles. The van der Waals surface area contributed by atoms with Crippen molar-refractivity contribution in [2.24, 2.45) is 0 Å². The van der Waals surface area contributed by atoms with E-state index in [1.54, 1.807) is 0 Å². The van der Waals surface area contributed by atoms with Crippen LogP contribution in [0, 0.1) is 0 Å². The molecule has 0 saturated carbocycles. The van der Waals surface area contributed by atoms with Gasteiger partial charge < -0.3 is 9.47 Å². The van der Waals surface area contributed by atoms with Gasteiger partial charge in [0.2, 0.25) is 0 Å². The highest BCUT2D eigenvalue weighted by molar-refractivity contribution is 9.09. The maximum atomic E-state index is 10.8. The number of ether oxygens (including phenoxy) is 2. The molecule has 0 N–H and O–H groups in total. The molecule has 0 aromatic rings. The molecule has 0 aliphatic rings. The lowest BCUT2D eigenvalue weighted by Crippen LogP contribution is -2.25. The molecule has 1 atom stereocenters. The van der Waals surface area contributed by atoms with Crippen LogP contribution in [0.4, 0.5) is 0 Å². The normalized spacial score (nSPS) is 14.1. The summed E-state index contributed by atoms with van der Waals surface area (Å²) >= 11 is 3.23. The van der Waals surface area contributed by atoms with Crippen LogP contribution in [0.2, 0.25) is 0 Å². The average molecular weight is 239 g/mol. The number of hydrogen-bond donors (Lipinski definition) is 0. The first-order valence-electron chi connectivity index (χ1n) is 3.74. The van der Waals surface area contributed by atoms with Crippen molar-refractivity contribution in [2.45, 2.75) is 37.8 Å². The van der Waals surface area contributed by atoms with E-state index in [0.717, 1.165) is 0 Å². The number of carbonyl (C=O) groups is 1. The highest BCUT2D eigenvalue weighted by atomic mass is 79.9. The highest BCUT2D eigenvalue weighted by Gasteiger charge is 2.18. The van der Waals surface area contributed by atoms with Gasteiger partial charge in [-0.2, -0.15) is 0 Å². The quantitative estimate of drug-likeness (QED) is 0.558. The maximum absolute atomic E-state index is 10.8. The third-order valence-electron chi connectivity index (χ3n) is 1.04. The number of methoxy groups -OCH3 is 1. The summed E-state index contributed by atoms with van der Waals surface area (Å²) in [5.74, 6) is -0.277. The Kier molecular flexibility index (Phi) is 4.78. The van der Waals surface area contributed by atoms with E-state index in [0.29, 0.717) is 0 Å². The smallest absolute Gasteiger partial charge is 0.309 e. The molecule has 4 heteroatoms. The predicted octanol–water partition coefficient (Wildman–Crippen LogP) is 2.09. The van der Waals surface area contributed by atoms with Crippen molar-refractivity contribution in [3.8, 4) is 0 Å². The second-order valence-corrected chi connectivity index (χ2v) is 4.44. The molecule has 3 nitrogen and oxygen atoms in total. The number of carbonyl (C=O) groups excluding carboxylic acids is 1. The van der Waals surface area contributed by atoms with Crippen molar-refractivity contribution in [3.05, 3.63) is 0 Å². The van der Waals surface area contributed by atoms with Crippen molar-refractivity contribution in [1.82, 2.24) is 0 Å². The number of esters is 1. The number of hydrogen-bond acceptors (Lipinski definition) is 3. The maximum Gasteiger partial charge on any atom is 0.309 e. The molecule has 0 aromatic carbocycles. The summed E-state index contributed by atoms with van der Waals surface area (Å²) < 4.78 is 9.91. The summed E-state index contributed by atoms with van der Waals surface area (Å²) in [5, 5.41) is -0.273. The molecule has 0 amide bonds. The Bertz CT molecular complexity index is 151. The van der Waals surface area contributed by atoms with Crippen LogP contribution in [-0.2, 0) is 14.3 Å². The van der Waals surface area contributed by atoms with E-state index in [1.165, 1.54) is 7.11 Å². The largest absolute Gasteiger partial charge is 0.469 e. The van der Waals surface area contributed by atoms with Crippen LogP contribution >= 0.6 is 15.9 Å². The minimum atomic E-state index is -0.277.